The van der Waals surface area contributed by atoms with Gasteiger partial charge in [0, 0.05) is 22.7 Å². The molecule has 27 heavy (non-hydrogen) atoms. The van der Waals surface area contributed by atoms with Crippen molar-refractivity contribution in [2.24, 2.45) is 0 Å². The van der Waals surface area contributed by atoms with Gasteiger partial charge in [-0.1, -0.05) is 24.3 Å². The highest BCUT2D eigenvalue weighted by Gasteiger charge is 2.30. The summed E-state index contributed by atoms with van der Waals surface area (Å²) in [5.41, 5.74) is 4.27. The number of rotatable bonds is 3. The molecule has 0 aliphatic heterocycles. The fourth-order valence-electron chi connectivity index (χ4n) is 3.23. The number of aromatic nitrogens is 3. The van der Waals surface area contributed by atoms with Crippen molar-refractivity contribution in [2.45, 2.75) is 26.4 Å². The lowest BCUT2D eigenvalue weighted by atomic mass is 10.0. The third kappa shape index (κ3) is 3.23. The van der Waals surface area contributed by atoms with Gasteiger partial charge in [0.2, 0.25) is 0 Å². The van der Waals surface area contributed by atoms with Gasteiger partial charge < -0.3 is 0 Å². The Labute approximate surface area is 158 Å². The van der Waals surface area contributed by atoms with Gasteiger partial charge >= 0.3 is 6.18 Å². The van der Waals surface area contributed by atoms with Crippen LogP contribution in [-0.4, -0.2) is 14.6 Å². The number of benzene rings is 1. The minimum Gasteiger partial charge on any atom is -0.233 e. The number of thiophene rings is 1. The molecule has 7 heteroatoms. The van der Waals surface area contributed by atoms with Gasteiger partial charge in [0.25, 0.3) is 0 Å². The van der Waals surface area contributed by atoms with Crippen molar-refractivity contribution in [2.75, 3.05) is 0 Å². The molecule has 138 valence electrons. The molecule has 0 fully saturated rings. The van der Waals surface area contributed by atoms with E-state index in [1.807, 2.05) is 31.4 Å². The largest absolute Gasteiger partial charge is 0.416 e. The van der Waals surface area contributed by atoms with Crippen molar-refractivity contribution in [3.8, 4) is 10.4 Å². The van der Waals surface area contributed by atoms with Crippen LogP contribution in [0.4, 0.5) is 13.2 Å². The molecule has 0 unspecified atom stereocenters. The first-order chi connectivity index (χ1) is 12.8. The normalized spacial score (nSPS) is 12.0. The average molecular weight is 387 g/mol. The number of fused-ring (bicyclic) bond motifs is 1. The number of halogens is 3. The zero-order valence-electron chi connectivity index (χ0n) is 14.7. The molecule has 3 nitrogen and oxygen atoms in total. The van der Waals surface area contributed by atoms with Crippen molar-refractivity contribution >= 4 is 17.0 Å². The zero-order chi connectivity index (χ0) is 19.2. The molecule has 0 atom stereocenters. The van der Waals surface area contributed by atoms with Crippen LogP contribution in [0.2, 0.25) is 0 Å². The van der Waals surface area contributed by atoms with E-state index >= 15 is 0 Å². The van der Waals surface area contributed by atoms with Crippen LogP contribution in [0, 0.1) is 13.8 Å². The monoisotopic (exact) mass is 387 g/mol. The summed E-state index contributed by atoms with van der Waals surface area (Å²) in [7, 11) is 0. The Morgan fingerprint density at radius 3 is 2.63 bits per heavy atom. The first-order valence-corrected chi connectivity index (χ1v) is 9.26. The van der Waals surface area contributed by atoms with E-state index in [0.29, 0.717) is 12.0 Å². The van der Waals surface area contributed by atoms with Crippen LogP contribution >= 0.6 is 11.3 Å². The molecule has 0 saturated heterocycles. The highest BCUT2D eigenvalue weighted by Crippen LogP contribution is 2.32. The van der Waals surface area contributed by atoms with Gasteiger partial charge in [-0.05, 0) is 42.5 Å². The SMILES string of the molecule is Cc1nc2c(-c3cccs3)cnn2c(C)c1Cc1cccc(C(F)(F)F)c1. The molecule has 1 aromatic carbocycles. The second-order valence-corrected chi connectivity index (χ2v) is 7.35. The van der Waals surface area contributed by atoms with Crippen LogP contribution in [0.25, 0.3) is 16.1 Å². The smallest absolute Gasteiger partial charge is 0.233 e. The topological polar surface area (TPSA) is 30.2 Å². The summed E-state index contributed by atoms with van der Waals surface area (Å²) in [6, 6.07) is 9.43. The molecule has 0 aliphatic carbocycles. The minimum absolute atomic E-state index is 0.374. The average Bonchev–Trinajstić information content (AvgIpc) is 3.27. The molecule has 0 bridgehead atoms. The van der Waals surface area contributed by atoms with E-state index in [0.717, 1.165) is 39.1 Å². The second kappa shape index (κ2) is 6.49. The molecule has 3 heterocycles. The van der Waals surface area contributed by atoms with Gasteiger partial charge in [0.15, 0.2) is 5.65 Å². The van der Waals surface area contributed by atoms with E-state index in [-0.39, 0.29) is 0 Å². The van der Waals surface area contributed by atoms with Gasteiger partial charge in [0.05, 0.1) is 17.3 Å². The Hall–Kier alpha value is -2.67. The molecule has 4 rings (SSSR count). The van der Waals surface area contributed by atoms with Crippen molar-refractivity contribution in [1.82, 2.24) is 14.6 Å². The van der Waals surface area contributed by atoms with E-state index in [9.17, 15) is 13.2 Å². The van der Waals surface area contributed by atoms with Crippen molar-refractivity contribution in [1.29, 1.82) is 0 Å². The van der Waals surface area contributed by atoms with Gasteiger partial charge in [-0.25, -0.2) is 9.50 Å². The molecule has 4 aromatic rings. The molecule has 0 amide bonds. The molecule has 0 radical (unpaired) electrons. The zero-order valence-corrected chi connectivity index (χ0v) is 15.5. The lowest BCUT2D eigenvalue weighted by Gasteiger charge is -2.13. The third-order valence-corrected chi connectivity index (χ3v) is 5.53. The van der Waals surface area contributed by atoms with E-state index in [2.05, 4.69) is 5.10 Å². The van der Waals surface area contributed by atoms with Crippen LogP contribution in [0.15, 0.2) is 48.0 Å². The molecule has 0 spiro atoms. The summed E-state index contributed by atoms with van der Waals surface area (Å²) in [6.07, 6.45) is -2.19. The van der Waals surface area contributed by atoms with E-state index in [1.165, 1.54) is 12.1 Å². The predicted molar refractivity (Wildman–Crippen MR) is 100 cm³/mol. The van der Waals surface area contributed by atoms with Crippen LogP contribution in [-0.2, 0) is 12.6 Å². The number of hydrogen-bond donors (Lipinski definition) is 0. The Kier molecular flexibility index (Phi) is 4.26. The second-order valence-electron chi connectivity index (χ2n) is 6.41. The fraction of sp³-hybridized carbons (Fsp3) is 0.200. The van der Waals surface area contributed by atoms with Crippen LogP contribution in [0.5, 0.6) is 0 Å². The molecule has 0 aliphatic rings. The molecular weight excluding hydrogens is 371 g/mol. The van der Waals surface area contributed by atoms with E-state index < -0.39 is 11.7 Å². The molecule has 0 N–H and O–H groups in total. The van der Waals surface area contributed by atoms with Gasteiger partial charge in [-0.2, -0.15) is 18.3 Å². The first-order valence-electron chi connectivity index (χ1n) is 8.38. The van der Waals surface area contributed by atoms with Crippen molar-refractivity contribution < 1.29 is 13.2 Å². The fourth-order valence-corrected chi connectivity index (χ4v) is 3.97. The Morgan fingerprint density at radius 1 is 1.11 bits per heavy atom. The maximum atomic E-state index is 13.0. The predicted octanol–water partition coefficient (Wildman–Crippen LogP) is 5.68. The maximum Gasteiger partial charge on any atom is 0.416 e. The minimum atomic E-state index is -4.35. The Bertz CT molecular complexity index is 1110. The van der Waals surface area contributed by atoms with E-state index in [1.54, 1.807) is 28.1 Å². The molecular formula is C20H16F3N3S. The first kappa shape index (κ1) is 17.7. The lowest BCUT2D eigenvalue weighted by molar-refractivity contribution is -0.137. The lowest BCUT2D eigenvalue weighted by Crippen LogP contribution is -2.08. The summed E-state index contributed by atoms with van der Waals surface area (Å²) in [5.74, 6) is 0. The third-order valence-electron chi connectivity index (χ3n) is 4.63. The van der Waals surface area contributed by atoms with Gasteiger partial charge in [0.1, 0.15) is 0 Å². The van der Waals surface area contributed by atoms with Crippen LogP contribution in [0.3, 0.4) is 0 Å². The van der Waals surface area contributed by atoms with Gasteiger partial charge in [-0.3, -0.25) is 0 Å². The summed E-state index contributed by atoms with van der Waals surface area (Å²) >= 11 is 1.62. The summed E-state index contributed by atoms with van der Waals surface area (Å²) in [5, 5.41) is 6.46. The Balaban J connectivity index is 1.77. The maximum absolute atomic E-state index is 13.0. The van der Waals surface area contributed by atoms with Crippen LogP contribution in [0.1, 0.15) is 28.1 Å². The standard InChI is InChI=1S/C20H16F3N3S/c1-12-16(10-14-5-3-6-15(9-14)20(21,22)23)13(2)26-19(25-12)17(11-24-26)18-7-4-8-27-18/h3-9,11H,10H2,1-2H3. The number of alkyl halides is 3. The van der Waals surface area contributed by atoms with Crippen molar-refractivity contribution in [3.63, 3.8) is 0 Å². The summed E-state index contributed by atoms with van der Waals surface area (Å²) in [4.78, 5) is 5.79. The molecule has 0 saturated carbocycles. The number of hydrogen-bond acceptors (Lipinski definition) is 3. The quantitative estimate of drug-likeness (QED) is 0.452. The summed E-state index contributed by atoms with van der Waals surface area (Å²) in [6.45, 7) is 3.82. The highest BCUT2D eigenvalue weighted by molar-refractivity contribution is 7.13. The molecule has 3 aromatic heterocycles. The van der Waals surface area contributed by atoms with Crippen LogP contribution < -0.4 is 0 Å². The Morgan fingerprint density at radius 2 is 1.93 bits per heavy atom. The van der Waals surface area contributed by atoms with Crippen molar-refractivity contribution in [3.05, 3.63) is 76.1 Å². The number of nitrogens with zero attached hydrogens (tertiary/aromatic N) is 3. The van der Waals surface area contributed by atoms with Gasteiger partial charge in [-0.15, -0.1) is 11.3 Å². The summed E-state index contributed by atoms with van der Waals surface area (Å²) < 4.78 is 40.7. The highest BCUT2D eigenvalue weighted by atomic mass is 32.1. The van der Waals surface area contributed by atoms with E-state index in [4.69, 9.17) is 4.98 Å². The number of aryl methyl sites for hydroxylation is 2.